The number of aromatic nitrogens is 4. The SMILES string of the molecule is CC(=O)OC[C@H]1O[C@@H](n2cnc3c(NCC#N)ncnc32)[C@H](OC(C)=O)[C@@H]1OC(C)=O. The lowest BCUT2D eigenvalue weighted by Gasteiger charge is -2.23. The molecule has 2 aromatic heterocycles. The molecule has 1 N–H and O–H groups in total. The molecule has 164 valence electrons. The molecule has 3 rings (SSSR count). The highest BCUT2D eigenvalue weighted by molar-refractivity contribution is 5.82. The second kappa shape index (κ2) is 9.35. The zero-order valence-corrected chi connectivity index (χ0v) is 17.0. The van der Waals surface area contributed by atoms with E-state index < -0.39 is 42.4 Å². The zero-order valence-electron chi connectivity index (χ0n) is 17.0. The summed E-state index contributed by atoms with van der Waals surface area (Å²) in [7, 11) is 0. The minimum absolute atomic E-state index is 0.00790. The Kier molecular flexibility index (Phi) is 6.61. The fourth-order valence-electron chi connectivity index (χ4n) is 3.21. The molecule has 0 aliphatic carbocycles. The maximum atomic E-state index is 11.8. The number of anilines is 1. The van der Waals surface area contributed by atoms with Gasteiger partial charge in [-0.05, 0) is 0 Å². The number of nitrogens with zero attached hydrogens (tertiary/aromatic N) is 5. The Bertz CT molecular complexity index is 1030. The first kappa shape index (κ1) is 21.9. The summed E-state index contributed by atoms with van der Waals surface area (Å²) in [6.45, 7) is 3.42. The van der Waals surface area contributed by atoms with Gasteiger partial charge in [0.1, 0.15) is 25.6 Å². The van der Waals surface area contributed by atoms with Crippen LogP contribution < -0.4 is 5.32 Å². The Morgan fingerprint density at radius 1 is 1.13 bits per heavy atom. The van der Waals surface area contributed by atoms with Crippen molar-refractivity contribution in [3.05, 3.63) is 12.7 Å². The lowest BCUT2D eigenvalue weighted by atomic mass is 10.1. The molecule has 0 bridgehead atoms. The van der Waals surface area contributed by atoms with E-state index in [1.54, 1.807) is 0 Å². The van der Waals surface area contributed by atoms with Crippen molar-refractivity contribution in [3.63, 3.8) is 0 Å². The van der Waals surface area contributed by atoms with Gasteiger partial charge in [-0.15, -0.1) is 0 Å². The number of carbonyl (C=O) groups excluding carboxylic acids is 3. The smallest absolute Gasteiger partial charge is 0.303 e. The van der Waals surface area contributed by atoms with Gasteiger partial charge in [0.05, 0.1) is 12.4 Å². The number of imidazole rings is 1. The minimum atomic E-state index is -1.06. The van der Waals surface area contributed by atoms with Crippen molar-refractivity contribution in [1.29, 1.82) is 5.26 Å². The maximum absolute atomic E-state index is 11.8. The summed E-state index contributed by atoms with van der Waals surface area (Å²) >= 11 is 0. The van der Waals surface area contributed by atoms with Gasteiger partial charge in [0.2, 0.25) is 0 Å². The molecular weight excluding hydrogens is 412 g/mol. The van der Waals surface area contributed by atoms with Crippen LogP contribution in [0, 0.1) is 11.3 Å². The maximum Gasteiger partial charge on any atom is 0.303 e. The molecule has 4 atom stereocenters. The van der Waals surface area contributed by atoms with Crippen molar-refractivity contribution in [2.75, 3.05) is 18.5 Å². The van der Waals surface area contributed by atoms with Gasteiger partial charge >= 0.3 is 17.9 Å². The van der Waals surface area contributed by atoms with E-state index in [1.807, 2.05) is 6.07 Å². The first-order valence-electron chi connectivity index (χ1n) is 9.23. The second-order valence-electron chi connectivity index (χ2n) is 6.57. The van der Waals surface area contributed by atoms with Gasteiger partial charge in [-0.1, -0.05) is 0 Å². The molecule has 2 aromatic rings. The van der Waals surface area contributed by atoms with E-state index in [-0.39, 0.29) is 13.2 Å². The predicted molar refractivity (Wildman–Crippen MR) is 101 cm³/mol. The van der Waals surface area contributed by atoms with Crippen molar-refractivity contribution in [1.82, 2.24) is 19.5 Å². The number of nitrogens with one attached hydrogen (secondary N) is 1. The summed E-state index contributed by atoms with van der Waals surface area (Å²) in [4.78, 5) is 47.2. The largest absolute Gasteiger partial charge is 0.463 e. The molecule has 1 saturated heterocycles. The van der Waals surface area contributed by atoms with Gasteiger partial charge in [-0.25, -0.2) is 15.0 Å². The van der Waals surface area contributed by atoms with Crippen molar-refractivity contribution >= 4 is 34.9 Å². The fourth-order valence-corrected chi connectivity index (χ4v) is 3.21. The van der Waals surface area contributed by atoms with Gasteiger partial charge in [-0.2, -0.15) is 5.26 Å². The summed E-state index contributed by atoms with van der Waals surface area (Å²) in [6.07, 6.45) is -1.33. The second-order valence-corrected chi connectivity index (χ2v) is 6.57. The van der Waals surface area contributed by atoms with E-state index in [2.05, 4.69) is 20.3 Å². The van der Waals surface area contributed by atoms with Crippen LogP contribution in [0.15, 0.2) is 12.7 Å². The van der Waals surface area contributed by atoms with Crippen molar-refractivity contribution < 1.29 is 33.3 Å². The molecule has 0 saturated carbocycles. The summed E-state index contributed by atoms with van der Waals surface area (Å²) in [6, 6.07) is 1.95. The van der Waals surface area contributed by atoms with Gasteiger partial charge in [0.25, 0.3) is 0 Å². The number of carbonyl (C=O) groups is 3. The quantitative estimate of drug-likeness (QED) is 0.356. The normalized spacial score (nSPS) is 22.5. The molecule has 0 aromatic carbocycles. The molecule has 0 radical (unpaired) electrons. The third-order valence-corrected chi connectivity index (χ3v) is 4.31. The highest BCUT2D eigenvalue weighted by Gasteiger charge is 2.51. The zero-order chi connectivity index (χ0) is 22.5. The first-order chi connectivity index (χ1) is 14.8. The molecule has 31 heavy (non-hydrogen) atoms. The molecule has 3 heterocycles. The van der Waals surface area contributed by atoms with E-state index in [0.29, 0.717) is 17.0 Å². The van der Waals surface area contributed by atoms with E-state index >= 15 is 0 Å². The number of rotatable bonds is 7. The van der Waals surface area contributed by atoms with E-state index in [0.717, 1.165) is 0 Å². The lowest BCUT2D eigenvalue weighted by Crippen LogP contribution is -2.40. The third-order valence-electron chi connectivity index (χ3n) is 4.31. The highest BCUT2D eigenvalue weighted by atomic mass is 16.7. The number of hydrogen-bond donors (Lipinski definition) is 1. The molecule has 13 nitrogen and oxygen atoms in total. The van der Waals surface area contributed by atoms with E-state index in [1.165, 1.54) is 38.0 Å². The Morgan fingerprint density at radius 2 is 1.84 bits per heavy atom. The van der Waals surface area contributed by atoms with Crippen molar-refractivity contribution in [2.24, 2.45) is 0 Å². The summed E-state index contributed by atoms with van der Waals surface area (Å²) in [5, 5.41) is 11.6. The molecule has 13 heteroatoms. The number of nitriles is 1. The number of ether oxygens (including phenoxy) is 4. The molecule has 0 spiro atoms. The van der Waals surface area contributed by atoms with Crippen LogP contribution in [0.3, 0.4) is 0 Å². The standard InChI is InChI=1S/C18H20N6O7/c1-9(25)28-6-12-14(29-10(2)26)15(30-11(3)27)18(31-12)24-8-23-13-16(20-5-4-19)21-7-22-17(13)24/h7-8,12,14-15,18H,5-6H2,1-3H3,(H,20,21,22)/t12-,14-,15-,18-/m1/s1. The van der Waals surface area contributed by atoms with E-state index in [4.69, 9.17) is 24.2 Å². The lowest BCUT2D eigenvalue weighted by molar-refractivity contribution is -0.166. The van der Waals surface area contributed by atoms with Crippen LogP contribution in [0.25, 0.3) is 11.2 Å². The van der Waals surface area contributed by atoms with Gasteiger partial charge < -0.3 is 24.3 Å². The molecular formula is C18H20N6O7. The molecule has 1 aliphatic rings. The van der Waals surface area contributed by atoms with Gasteiger partial charge in [0, 0.05) is 20.8 Å². The van der Waals surface area contributed by atoms with Crippen LogP contribution in [0.5, 0.6) is 0 Å². The molecule has 0 unspecified atom stereocenters. The average molecular weight is 432 g/mol. The topological polar surface area (TPSA) is 168 Å². The first-order valence-corrected chi connectivity index (χ1v) is 9.23. The molecule has 0 amide bonds. The minimum Gasteiger partial charge on any atom is -0.463 e. The Morgan fingerprint density at radius 3 is 2.48 bits per heavy atom. The summed E-state index contributed by atoms with van der Waals surface area (Å²) in [5.41, 5.74) is 0.683. The summed E-state index contributed by atoms with van der Waals surface area (Å²) in [5.74, 6) is -1.47. The van der Waals surface area contributed by atoms with Crippen molar-refractivity contribution in [3.8, 4) is 6.07 Å². The Hall–Kier alpha value is -3.79. The van der Waals surface area contributed by atoms with Gasteiger partial charge in [0.15, 0.2) is 35.4 Å². The highest BCUT2D eigenvalue weighted by Crippen LogP contribution is 2.36. The number of hydrogen-bond acceptors (Lipinski definition) is 12. The monoisotopic (exact) mass is 432 g/mol. The van der Waals surface area contributed by atoms with Crippen LogP contribution in [0.2, 0.25) is 0 Å². The third kappa shape index (κ3) is 4.86. The molecule has 1 aliphatic heterocycles. The van der Waals surface area contributed by atoms with Crippen LogP contribution >= 0.6 is 0 Å². The number of esters is 3. The average Bonchev–Trinajstić information content (AvgIpc) is 3.26. The van der Waals surface area contributed by atoms with E-state index in [9.17, 15) is 14.4 Å². The molecule has 1 fully saturated rings. The van der Waals surface area contributed by atoms with Crippen molar-refractivity contribution in [2.45, 2.75) is 45.3 Å². The van der Waals surface area contributed by atoms with Crippen LogP contribution in [0.4, 0.5) is 5.82 Å². The number of fused-ring (bicyclic) bond motifs is 1. The van der Waals surface area contributed by atoms with Crippen LogP contribution in [-0.2, 0) is 33.3 Å². The Labute approximate surface area is 176 Å². The Balaban J connectivity index is 2.00. The van der Waals surface area contributed by atoms with Crippen LogP contribution in [0.1, 0.15) is 27.0 Å². The summed E-state index contributed by atoms with van der Waals surface area (Å²) < 4.78 is 23.2. The fraction of sp³-hybridized carbons (Fsp3) is 0.500. The predicted octanol–water partition coefficient (Wildman–Crippen LogP) is 0.0857. The van der Waals surface area contributed by atoms with Crippen LogP contribution in [-0.4, -0.2) is 68.9 Å². The van der Waals surface area contributed by atoms with Gasteiger partial charge in [-0.3, -0.25) is 19.0 Å².